The van der Waals surface area contributed by atoms with Gasteiger partial charge in [-0.2, -0.15) is 0 Å². The van der Waals surface area contributed by atoms with Crippen molar-refractivity contribution in [3.63, 3.8) is 0 Å². The topological polar surface area (TPSA) is 53.6 Å². The number of ether oxygens (including phenoxy) is 1. The number of nitrogens with zero attached hydrogens (tertiary/aromatic N) is 1. The van der Waals surface area contributed by atoms with E-state index < -0.39 is 5.54 Å². The molecule has 1 rings (SSSR count). The van der Waals surface area contributed by atoms with Crippen molar-refractivity contribution in [3.05, 3.63) is 0 Å². The molecule has 2 N–H and O–H groups in total. The zero-order chi connectivity index (χ0) is 13.4. The average Bonchev–Trinajstić information content (AvgIpc) is 2.35. The highest BCUT2D eigenvalue weighted by Crippen LogP contribution is 2.02. The summed E-state index contributed by atoms with van der Waals surface area (Å²) in [6, 6.07) is 0. The minimum Gasteiger partial charge on any atom is -0.379 e. The van der Waals surface area contributed by atoms with Gasteiger partial charge in [-0.05, 0) is 33.4 Å². The summed E-state index contributed by atoms with van der Waals surface area (Å²) < 4.78 is 5.30. The van der Waals surface area contributed by atoms with E-state index in [1.165, 1.54) is 0 Å². The molecular formula is C13H27N3O2. The van der Waals surface area contributed by atoms with E-state index in [9.17, 15) is 4.79 Å². The van der Waals surface area contributed by atoms with Crippen molar-refractivity contribution in [3.8, 4) is 0 Å². The van der Waals surface area contributed by atoms with Crippen molar-refractivity contribution in [1.29, 1.82) is 0 Å². The molecule has 1 fully saturated rings. The highest BCUT2D eigenvalue weighted by atomic mass is 16.5. The Morgan fingerprint density at radius 1 is 1.33 bits per heavy atom. The lowest BCUT2D eigenvalue weighted by atomic mass is 10.0. The van der Waals surface area contributed by atoms with Crippen LogP contribution in [-0.4, -0.2) is 62.3 Å². The zero-order valence-electron chi connectivity index (χ0n) is 11.9. The number of hydrogen-bond acceptors (Lipinski definition) is 4. The van der Waals surface area contributed by atoms with Gasteiger partial charge in [0, 0.05) is 19.6 Å². The molecule has 0 radical (unpaired) electrons. The van der Waals surface area contributed by atoms with Crippen LogP contribution >= 0.6 is 0 Å². The van der Waals surface area contributed by atoms with Gasteiger partial charge >= 0.3 is 0 Å². The minimum atomic E-state index is -0.478. The van der Waals surface area contributed by atoms with Gasteiger partial charge in [0.25, 0.3) is 0 Å². The van der Waals surface area contributed by atoms with Crippen LogP contribution in [0.25, 0.3) is 0 Å². The van der Waals surface area contributed by atoms with Gasteiger partial charge < -0.3 is 15.4 Å². The average molecular weight is 257 g/mol. The van der Waals surface area contributed by atoms with Crippen LogP contribution in [0.15, 0.2) is 0 Å². The summed E-state index contributed by atoms with van der Waals surface area (Å²) in [5.74, 6) is 0.0753. The number of rotatable bonds is 7. The summed E-state index contributed by atoms with van der Waals surface area (Å²) in [4.78, 5) is 14.3. The first-order valence-electron chi connectivity index (χ1n) is 6.89. The maximum absolute atomic E-state index is 11.9. The molecule has 0 bridgehead atoms. The monoisotopic (exact) mass is 257 g/mol. The number of nitrogens with one attached hydrogen (secondary N) is 2. The fraction of sp³-hybridized carbons (Fsp3) is 0.923. The van der Waals surface area contributed by atoms with Gasteiger partial charge in [0.15, 0.2) is 0 Å². The Balaban J connectivity index is 2.11. The molecule has 1 amide bonds. The molecule has 1 saturated heterocycles. The summed E-state index contributed by atoms with van der Waals surface area (Å²) in [5, 5.41) is 6.16. The molecule has 5 nitrogen and oxygen atoms in total. The van der Waals surface area contributed by atoms with Crippen LogP contribution in [0.4, 0.5) is 0 Å². The Labute approximate surface area is 110 Å². The second kappa shape index (κ2) is 7.71. The van der Waals surface area contributed by atoms with E-state index in [2.05, 4.69) is 15.5 Å². The fourth-order valence-corrected chi connectivity index (χ4v) is 2.07. The lowest BCUT2D eigenvalue weighted by molar-refractivity contribution is -0.126. The first-order chi connectivity index (χ1) is 8.56. The number of carbonyl (C=O) groups excluding carboxylic acids is 1. The molecule has 0 atom stereocenters. The van der Waals surface area contributed by atoms with E-state index in [0.29, 0.717) is 0 Å². The first kappa shape index (κ1) is 15.4. The Hall–Kier alpha value is -0.650. The van der Waals surface area contributed by atoms with Crippen molar-refractivity contribution in [2.75, 3.05) is 45.9 Å². The van der Waals surface area contributed by atoms with Gasteiger partial charge in [0.05, 0.1) is 18.8 Å². The van der Waals surface area contributed by atoms with Crippen LogP contribution in [0.3, 0.4) is 0 Å². The van der Waals surface area contributed by atoms with Crippen molar-refractivity contribution < 1.29 is 9.53 Å². The van der Waals surface area contributed by atoms with Crippen LogP contribution in [0.2, 0.25) is 0 Å². The third kappa shape index (κ3) is 5.33. The van der Waals surface area contributed by atoms with Gasteiger partial charge in [0.2, 0.25) is 5.91 Å². The van der Waals surface area contributed by atoms with Crippen LogP contribution in [0, 0.1) is 0 Å². The zero-order valence-corrected chi connectivity index (χ0v) is 11.9. The Morgan fingerprint density at radius 2 is 2.00 bits per heavy atom. The second-order valence-corrected chi connectivity index (χ2v) is 5.22. The van der Waals surface area contributed by atoms with Gasteiger partial charge in [-0.1, -0.05) is 6.92 Å². The summed E-state index contributed by atoms with van der Waals surface area (Å²) >= 11 is 0. The van der Waals surface area contributed by atoms with Gasteiger partial charge in [-0.15, -0.1) is 0 Å². The Morgan fingerprint density at radius 3 is 2.61 bits per heavy atom. The molecule has 5 heteroatoms. The maximum Gasteiger partial charge on any atom is 0.239 e. The van der Waals surface area contributed by atoms with Gasteiger partial charge in [-0.3, -0.25) is 9.69 Å². The van der Waals surface area contributed by atoms with E-state index in [1.54, 1.807) is 0 Å². The lowest BCUT2D eigenvalue weighted by Gasteiger charge is -2.27. The van der Waals surface area contributed by atoms with E-state index in [4.69, 9.17) is 4.74 Å². The third-order valence-corrected chi connectivity index (χ3v) is 3.23. The van der Waals surface area contributed by atoms with Crippen LogP contribution in [-0.2, 0) is 9.53 Å². The molecule has 18 heavy (non-hydrogen) atoms. The van der Waals surface area contributed by atoms with Gasteiger partial charge in [-0.25, -0.2) is 0 Å². The molecular weight excluding hydrogens is 230 g/mol. The highest BCUT2D eigenvalue weighted by molar-refractivity contribution is 5.85. The number of morpholine rings is 1. The van der Waals surface area contributed by atoms with Gasteiger partial charge in [0.1, 0.15) is 0 Å². The predicted molar refractivity (Wildman–Crippen MR) is 72.6 cm³/mol. The molecule has 0 unspecified atom stereocenters. The molecule has 1 aliphatic heterocycles. The molecule has 0 spiro atoms. The van der Waals surface area contributed by atoms with Crippen LogP contribution < -0.4 is 10.6 Å². The van der Waals surface area contributed by atoms with Crippen molar-refractivity contribution in [1.82, 2.24) is 15.5 Å². The summed E-state index contributed by atoms with van der Waals surface area (Å²) in [7, 11) is 0. The standard InChI is InChI=1S/C13H27N3O2/c1-4-15-13(2,3)12(17)14-6-5-7-16-8-10-18-11-9-16/h15H,4-11H2,1-3H3,(H,14,17). The quantitative estimate of drug-likeness (QED) is 0.640. The molecule has 1 heterocycles. The number of amides is 1. The largest absolute Gasteiger partial charge is 0.379 e. The number of hydrogen-bond donors (Lipinski definition) is 2. The SMILES string of the molecule is CCNC(C)(C)C(=O)NCCCN1CCOCC1. The van der Waals surface area contributed by atoms with Crippen molar-refractivity contribution in [2.24, 2.45) is 0 Å². The first-order valence-corrected chi connectivity index (χ1v) is 6.89. The summed E-state index contributed by atoms with van der Waals surface area (Å²) in [5.41, 5.74) is -0.478. The second-order valence-electron chi connectivity index (χ2n) is 5.22. The fourth-order valence-electron chi connectivity index (χ4n) is 2.07. The maximum atomic E-state index is 11.9. The third-order valence-electron chi connectivity index (χ3n) is 3.23. The van der Waals surface area contributed by atoms with Crippen LogP contribution in [0.5, 0.6) is 0 Å². The van der Waals surface area contributed by atoms with E-state index in [0.717, 1.165) is 52.4 Å². The van der Waals surface area contributed by atoms with E-state index >= 15 is 0 Å². The predicted octanol–water partition coefficient (Wildman–Crippen LogP) is 0.213. The summed E-state index contributed by atoms with van der Waals surface area (Å²) in [6.07, 6.45) is 0.994. The number of likely N-dealkylation sites (N-methyl/N-ethyl adjacent to an activating group) is 1. The normalized spacial score (nSPS) is 17.7. The van der Waals surface area contributed by atoms with E-state index in [-0.39, 0.29) is 5.91 Å². The smallest absolute Gasteiger partial charge is 0.239 e. The number of carbonyl (C=O) groups is 1. The van der Waals surface area contributed by atoms with Crippen LogP contribution in [0.1, 0.15) is 27.2 Å². The molecule has 106 valence electrons. The van der Waals surface area contributed by atoms with Crippen molar-refractivity contribution >= 4 is 5.91 Å². The molecule has 0 aliphatic carbocycles. The van der Waals surface area contributed by atoms with E-state index in [1.807, 2.05) is 20.8 Å². The molecule has 0 aromatic carbocycles. The molecule has 0 aromatic rings. The Bertz CT molecular complexity index is 251. The highest BCUT2D eigenvalue weighted by Gasteiger charge is 2.25. The molecule has 1 aliphatic rings. The molecule has 0 saturated carbocycles. The van der Waals surface area contributed by atoms with Crippen molar-refractivity contribution in [2.45, 2.75) is 32.7 Å². The summed E-state index contributed by atoms with van der Waals surface area (Å²) in [6.45, 7) is 12.1. The lowest BCUT2D eigenvalue weighted by Crippen LogP contribution is -2.52. The molecule has 0 aromatic heterocycles. The minimum absolute atomic E-state index is 0.0753. The Kier molecular flexibility index (Phi) is 6.60.